The van der Waals surface area contributed by atoms with Gasteiger partial charge in [0.15, 0.2) is 0 Å². The number of hydrogen-bond acceptors (Lipinski definition) is 6. The average Bonchev–Trinajstić information content (AvgIpc) is 3.64. The number of ether oxygens (including phenoxy) is 1. The number of hydrogen-bond donors (Lipinski definition) is 2. The Labute approximate surface area is 205 Å². The summed E-state index contributed by atoms with van der Waals surface area (Å²) >= 11 is 6.52. The number of halogens is 1. The fourth-order valence-corrected chi connectivity index (χ4v) is 4.98. The number of morpholine rings is 1. The molecular weight excluding hydrogens is 450 g/mol. The van der Waals surface area contributed by atoms with E-state index >= 15 is 0 Å². The number of nitrogens with one attached hydrogen (secondary N) is 2. The topological polar surface area (TPSA) is 71.4 Å². The van der Waals surface area contributed by atoms with Gasteiger partial charge < -0.3 is 24.8 Å². The summed E-state index contributed by atoms with van der Waals surface area (Å²) in [5.74, 6) is 1.55. The molecule has 2 aliphatic rings. The molecule has 3 heterocycles. The molecule has 2 N–H and O–H groups in total. The van der Waals surface area contributed by atoms with Crippen LogP contribution >= 0.6 is 11.6 Å². The molecule has 34 heavy (non-hydrogen) atoms. The molecule has 0 amide bonds. The minimum atomic E-state index is -0.0190. The van der Waals surface area contributed by atoms with E-state index < -0.39 is 0 Å². The first kappa shape index (κ1) is 23.0. The summed E-state index contributed by atoms with van der Waals surface area (Å²) < 4.78 is 7.55. The standard InChI is InChI=1S/C26H32ClN5O2/c1-15-13-32(14-16(2)34-15)25-10-23(21(27)12-28-25)30-19-7-8-24-20(9-19)22(11-26(33)31(24)4)29-17(3)18-5-6-18/h7-12,15-18,29H,5-6,13-14H2,1-4H3,(H,28,30)/t15-,16+,17?. The molecule has 0 bridgehead atoms. The minimum Gasteiger partial charge on any atom is -0.382 e. The number of pyridine rings is 2. The predicted octanol–water partition coefficient (Wildman–Crippen LogP) is 5.15. The Bertz CT molecular complexity index is 1260. The lowest BCUT2D eigenvalue weighted by Gasteiger charge is -2.36. The van der Waals surface area contributed by atoms with Crippen LogP contribution in [-0.4, -0.2) is 40.9 Å². The number of aromatic nitrogens is 2. The van der Waals surface area contributed by atoms with Crippen molar-refractivity contribution in [1.29, 1.82) is 0 Å². The van der Waals surface area contributed by atoms with E-state index in [2.05, 4.69) is 47.4 Å². The lowest BCUT2D eigenvalue weighted by atomic mass is 10.1. The molecule has 5 rings (SSSR count). The van der Waals surface area contributed by atoms with Gasteiger partial charge in [0.2, 0.25) is 0 Å². The van der Waals surface area contributed by atoms with Crippen LogP contribution in [0.25, 0.3) is 10.9 Å². The molecule has 3 aromatic rings. The van der Waals surface area contributed by atoms with Crippen molar-refractivity contribution in [1.82, 2.24) is 9.55 Å². The molecule has 2 fully saturated rings. The van der Waals surface area contributed by atoms with Gasteiger partial charge in [0.25, 0.3) is 5.56 Å². The van der Waals surface area contributed by atoms with Crippen molar-refractivity contribution in [3.63, 3.8) is 0 Å². The van der Waals surface area contributed by atoms with Crippen LogP contribution in [0.15, 0.2) is 41.3 Å². The van der Waals surface area contributed by atoms with Gasteiger partial charge in [0.05, 0.1) is 34.6 Å². The lowest BCUT2D eigenvalue weighted by Crippen LogP contribution is -2.45. The highest BCUT2D eigenvalue weighted by Gasteiger charge is 2.28. The molecular formula is C26H32ClN5O2. The van der Waals surface area contributed by atoms with Gasteiger partial charge >= 0.3 is 0 Å². The predicted molar refractivity (Wildman–Crippen MR) is 140 cm³/mol. The quantitative estimate of drug-likeness (QED) is 0.507. The van der Waals surface area contributed by atoms with Crippen molar-refractivity contribution in [2.45, 2.75) is 51.9 Å². The van der Waals surface area contributed by atoms with E-state index in [-0.39, 0.29) is 17.8 Å². The van der Waals surface area contributed by atoms with E-state index in [1.807, 2.05) is 25.2 Å². The van der Waals surface area contributed by atoms with Crippen molar-refractivity contribution >= 4 is 45.4 Å². The monoisotopic (exact) mass is 481 g/mol. The van der Waals surface area contributed by atoms with Crippen molar-refractivity contribution < 1.29 is 4.74 Å². The van der Waals surface area contributed by atoms with Gasteiger partial charge in [-0.3, -0.25) is 4.79 Å². The molecule has 2 aromatic heterocycles. The lowest BCUT2D eigenvalue weighted by molar-refractivity contribution is -0.00545. The second kappa shape index (κ2) is 9.12. The van der Waals surface area contributed by atoms with Gasteiger partial charge in [-0.15, -0.1) is 0 Å². The maximum atomic E-state index is 12.5. The summed E-state index contributed by atoms with van der Waals surface area (Å²) in [6.07, 6.45) is 4.47. The van der Waals surface area contributed by atoms with Crippen molar-refractivity contribution in [2.75, 3.05) is 28.6 Å². The first-order valence-corrected chi connectivity index (χ1v) is 12.4. The van der Waals surface area contributed by atoms with E-state index in [0.29, 0.717) is 17.0 Å². The first-order chi connectivity index (χ1) is 16.3. The number of nitrogens with zero attached hydrogens (tertiary/aromatic N) is 3. The minimum absolute atomic E-state index is 0.0190. The molecule has 1 saturated carbocycles. The summed E-state index contributed by atoms with van der Waals surface area (Å²) in [7, 11) is 1.81. The summed E-state index contributed by atoms with van der Waals surface area (Å²) in [6.45, 7) is 7.92. The highest BCUT2D eigenvalue weighted by atomic mass is 35.5. The molecule has 0 spiro atoms. The van der Waals surface area contributed by atoms with Crippen LogP contribution in [0.3, 0.4) is 0 Å². The Morgan fingerprint density at radius 3 is 2.56 bits per heavy atom. The summed E-state index contributed by atoms with van der Waals surface area (Å²) in [5, 5.41) is 8.61. The first-order valence-electron chi connectivity index (χ1n) is 12.0. The van der Waals surface area contributed by atoms with Gasteiger partial charge in [0.1, 0.15) is 5.82 Å². The second-order valence-corrected chi connectivity index (χ2v) is 10.2. The van der Waals surface area contributed by atoms with E-state index in [1.54, 1.807) is 16.8 Å². The zero-order valence-corrected chi connectivity index (χ0v) is 20.9. The van der Waals surface area contributed by atoms with Crippen LogP contribution in [0.4, 0.5) is 22.9 Å². The van der Waals surface area contributed by atoms with Crippen LogP contribution in [0.2, 0.25) is 5.02 Å². The number of aryl methyl sites for hydroxylation is 1. The third-order valence-electron chi connectivity index (χ3n) is 6.82. The van der Waals surface area contributed by atoms with Crippen LogP contribution in [0.1, 0.15) is 33.6 Å². The zero-order valence-electron chi connectivity index (χ0n) is 20.1. The zero-order chi connectivity index (χ0) is 24.0. The van der Waals surface area contributed by atoms with Gasteiger partial charge in [-0.2, -0.15) is 0 Å². The number of anilines is 4. The third kappa shape index (κ3) is 4.72. The number of fused-ring (bicyclic) bond motifs is 1. The molecule has 1 unspecified atom stereocenters. The SMILES string of the molecule is CC(Nc1cc(=O)n(C)c2ccc(Nc3cc(N4C[C@@H](C)O[C@@H](C)C4)ncc3Cl)cc12)C1CC1. The van der Waals surface area contributed by atoms with Gasteiger partial charge in [-0.25, -0.2) is 4.98 Å². The van der Waals surface area contributed by atoms with E-state index in [0.717, 1.165) is 46.9 Å². The molecule has 0 radical (unpaired) electrons. The Morgan fingerprint density at radius 2 is 1.85 bits per heavy atom. The van der Waals surface area contributed by atoms with Gasteiger partial charge in [-0.1, -0.05) is 11.6 Å². The molecule has 1 aliphatic heterocycles. The van der Waals surface area contributed by atoms with Gasteiger partial charge in [0, 0.05) is 55.1 Å². The van der Waals surface area contributed by atoms with E-state index in [4.69, 9.17) is 16.3 Å². The maximum absolute atomic E-state index is 12.5. The van der Waals surface area contributed by atoms with E-state index in [1.165, 1.54) is 12.8 Å². The molecule has 1 aromatic carbocycles. The van der Waals surface area contributed by atoms with Crippen molar-refractivity contribution in [3.8, 4) is 0 Å². The number of benzene rings is 1. The van der Waals surface area contributed by atoms with Gasteiger partial charge in [-0.05, 0) is 57.7 Å². The third-order valence-corrected chi connectivity index (χ3v) is 7.12. The summed E-state index contributed by atoms with van der Waals surface area (Å²) in [5.41, 5.74) is 3.44. The molecule has 3 atom stereocenters. The number of rotatable bonds is 6. The van der Waals surface area contributed by atoms with Crippen molar-refractivity contribution in [2.24, 2.45) is 13.0 Å². The smallest absolute Gasteiger partial charge is 0.252 e. The van der Waals surface area contributed by atoms with Crippen LogP contribution in [0.5, 0.6) is 0 Å². The molecule has 7 nitrogen and oxygen atoms in total. The molecule has 8 heteroatoms. The largest absolute Gasteiger partial charge is 0.382 e. The average molecular weight is 482 g/mol. The van der Waals surface area contributed by atoms with Crippen LogP contribution in [-0.2, 0) is 11.8 Å². The Morgan fingerprint density at radius 1 is 1.12 bits per heavy atom. The molecule has 180 valence electrons. The Hall–Kier alpha value is -2.77. The highest BCUT2D eigenvalue weighted by molar-refractivity contribution is 6.33. The summed E-state index contributed by atoms with van der Waals surface area (Å²) in [4.78, 5) is 19.3. The maximum Gasteiger partial charge on any atom is 0.252 e. The highest BCUT2D eigenvalue weighted by Crippen LogP contribution is 2.36. The molecule has 1 aliphatic carbocycles. The summed E-state index contributed by atoms with van der Waals surface area (Å²) in [6, 6.07) is 10.1. The second-order valence-electron chi connectivity index (χ2n) is 9.77. The fourth-order valence-electron chi connectivity index (χ4n) is 4.83. The fraction of sp³-hybridized carbons (Fsp3) is 0.462. The van der Waals surface area contributed by atoms with Crippen molar-refractivity contribution in [3.05, 3.63) is 51.9 Å². The van der Waals surface area contributed by atoms with Crippen LogP contribution in [0, 0.1) is 5.92 Å². The normalized spacial score (nSPS) is 21.5. The molecule has 1 saturated heterocycles. The Kier molecular flexibility index (Phi) is 6.16. The van der Waals surface area contributed by atoms with E-state index in [9.17, 15) is 4.79 Å². The Balaban J connectivity index is 1.47. The van der Waals surface area contributed by atoms with Crippen LogP contribution < -0.4 is 21.1 Å².